The third-order valence-corrected chi connectivity index (χ3v) is 2.62. The smallest absolute Gasteiger partial charge is 0.392 e. The Morgan fingerprint density at radius 1 is 1.33 bits per heavy atom. The zero-order valence-corrected chi connectivity index (χ0v) is 9.29. The number of aliphatic hydroxyl groups excluding tert-OH is 1. The number of carbonyl (C=O) groups excluding carboxylic acids is 1. The van der Waals surface area contributed by atoms with Crippen molar-refractivity contribution in [2.45, 2.75) is 25.6 Å². The van der Waals surface area contributed by atoms with Crippen LogP contribution >= 0.6 is 0 Å². The van der Waals surface area contributed by atoms with Crippen LogP contribution in [0.3, 0.4) is 0 Å². The number of Topliss-reactive ketones (excluding diaryl/α,β-unsaturated/α-hetero) is 1. The van der Waals surface area contributed by atoms with Gasteiger partial charge in [0, 0.05) is 6.42 Å². The summed E-state index contributed by atoms with van der Waals surface area (Å²) in [5.74, 6) is -0.616. The lowest BCUT2D eigenvalue weighted by Crippen LogP contribution is -2.26. The lowest BCUT2D eigenvalue weighted by molar-refractivity contribution is -0.125. The normalized spacial score (nSPS) is 15.3. The van der Waals surface area contributed by atoms with E-state index in [2.05, 4.69) is 4.99 Å². The molecule has 0 bridgehead atoms. The van der Waals surface area contributed by atoms with Gasteiger partial charge in [-0.15, -0.1) is 0 Å². The highest BCUT2D eigenvalue weighted by molar-refractivity contribution is 6.41. The predicted molar refractivity (Wildman–Crippen MR) is 58.8 cm³/mol. The van der Waals surface area contributed by atoms with Gasteiger partial charge < -0.3 is 5.11 Å². The van der Waals surface area contributed by atoms with Crippen molar-refractivity contribution >= 4 is 17.2 Å². The molecule has 0 saturated heterocycles. The average Bonchev–Trinajstić information content (AvgIpc) is 2.27. The first kappa shape index (κ1) is 12.8. The summed E-state index contributed by atoms with van der Waals surface area (Å²) < 4.78 is 36.7. The van der Waals surface area contributed by atoms with Gasteiger partial charge in [0.15, 0.2) is 5.78 Å². The van der Waals surface area contributed by atoms with E-state index in [0.717, 1.165) is 0 Å². The number of ketones is 1. The number of halogens is 3. The third-order valence-electron chi connectivity index (χ3n) is 2.62. The molecule has 1 aliphatic heterocycles. The van der Waals surface area contributed by atoms with Gasteiger partial charge >= 0.3 is 6.18 Å². The van der Waals surface area contributed by atoms with E-state index < -0.39 is 24.1 Å². The quantitative estimate of drug-likeness (QED) is 0.884. The summed E-state index contributed by atoms with van der Waals surface area (Å²) in [5, 5.41) is 8.94. The maximum absolute atomic E-state index is 12.2. The monoisotopic (exact) mass is 257 g/mol. The molecule has 0 unspecified atom stereocenters. The van der Waals surface area contributed by atoms with Gasteiger partial charge in [-0.3, -0.25) is 4.79 Å². The molecule has 0 saturated carbocycles. The highest BCUT2D eigenvalue weighted by atomic mass is 19.4. The standard InChI is InChI=1S/C12H10F3NO2/c13-12(14,15)5-10-11(18)4-8-3-7(6-17)1-2-9(8)16-10/h1-3,17H,4-6H2. The molecular formula is C12H10F3NO2. The summed E-state index contributed by atoms with van der Waals surface area (Å²) in [6.07, 6.45) is -5.83. The van der Waals surface area contributed by atoms with E-state index in [1.807, 2.05) is 0 Å². The minimum atomic E-state index is -4.43. The minimum absolute atomic E-state index is 0.0991. The molecule has 0 radical (unpaired) electrons. The first-order valence-electron chi connectivity index (χ1n) is 5.29. The van der Waals surface area contributed by atoms with Crippen LogP contribution in [0.2, 0.25) is 0 Å². The molecule has 1 N–H and O–H groups in total. The summed E-state index contributed by atoms with van der Waals surface area (Å²) in [4.78, 5) is 15.3. The molecule has 18 heavy (non-hydrogen) atoms. The van der Waals surface area contributed by atoms with Crippen LogP contribution in [-0.2, 0) is 17.8 Å². The molecule has 0 spiro atoms. The zero-order chi connectivity index (χ0) is 13.3. The van der Waals surface area contributed by atoms with Crippen LogP contribution in [-0.4, -0.2) is 22.8 Å². The van der Waals surface area contributed by atoms with E-state index in [0.29, 0.717) is 16.8 Å². The topological polar surface area (TPSA) is 49.7 Å². The van der Waals surface area contributed by atoms with Crippen molar-refractivity contribution in [3.05, 3.63) is 29.3 Å². The number of alkyl halides is 3. The largest absolute Gasteiger partial charge is 0.394 e. The summed E-state index contributed by atoms with van der Waals surface area (Å²) in [6, 6.07) is 4.67. The summed E-state index contributed by atoms with van der Waals surface area (Å²) in [7, 11) is 0. The summed E-state index contributed by atoms with van der Waals surface area (Å²) in [6.45, 7) is -0.180. The lowest BCUT2D eigenvalue weighted by Gasteiger charge is -2.16. The molecule has 1 aromatic carbocycles. The number of nitrogens with zero attached hydrogens (tertiary/aromatic N) is 1. The fourth-order valence-corrected chi connectivity index (χ4v) is 1.80. The Morgan fingerprint density at radius 2 is 2.06 bits per heavy atom. The number of aliphatic imine (C=N–C) groups is 1. The number of rotatable bonds is 2. The van der Waals surface area contributed by atoms with Crippen LogP contribution in [0, 0.1) is 0 Å². The molecule has 96 valence electrons. The Kier molecular flexibility index (Phi) is 3.21. The lowest BCUT2D eigenvalue weighted by atomic mass is 9.97. The van der Waals surface area contributed by atoms with E-state index >= 15 is 0 Å². The fourth-order valence-electron chi connectivity index (χ4n) is 1.80. The van der Waals surface area contributed by atoms with Crippen LogP contribution in [0.4, 0.5) is 18.9 Å². The number of benzene rings is 1. The summed E-state index contributed by atoms with van der Waals surface area (Å²) in [5.41, 5.74) is 1.08. The van der Waals surface area contributed by atoms with E-state index in [9.17, 15) is 18.0 Å². The number of fused-ring (bicyclic) bond motifs is 1. The fraction of sp³-hybridized carbons (Fsp3) is 0.333. The van der Waals surface area contributed by atoms with Crippen molar-refractivity contribution in [3.63, 3.8) is 0 Å². The second-order valence-corrected chi connectivity index (χ2v) is 4.07. The van der Waals surface area contributed by atoms with Crippen LogP contribution in [0.15, 0.2) is 23.2 Å². The Bertz CT molecular complexity index is 521. The van der Waals surface area contributed by atoms with Crippen molar-refractivity contribution in [2.75, 3.05) is 0 Å². The Morgan fingerprint density at radius 3 is 2.67 bits per heavy atom. The average molecular weight is 257 g/mol. The Balaban J connectivity index is 2.35. The van der Waals surface area contributed by atoms with Crippen LogP contribution < -0.4 is 0 Å². The number of carbonyl (C=O) groups is 1. The maximum Gasteiger partial charge on any atom is 0.394 e. The Labute approximate surface area is 101 Å². The Hall–Kier alpha value is -1.69. The first-order chi connectivity index (χ1) is 8.39. The van der Waals surface area contributed by atoms with Gasteiger partial charge in [-0.2, -0.15) is 13.2 Å². The number of hydrogen-bond acceptors (Lipinski definition) is 3. The van der Waals surface area contributed by atoms with Gasteiger partial charge in [0.25, 0.3) is 0 Å². The molecule has 2 rings (SSSR count). The SMILES string of the molecule is O=C1Cc2cc(CO)ccc2N=C1CC(F)(F)F. The van der Waals surface area contributed by atoms with Crippen molar-refractivity contribution in [1.82, 2.24) is 0 Å². The summed E-state index contributed by atoms with van der Waals surface area (Å²) >= 11 is 0. The van der Waals surface area contributed by atoms with Gasteiger partial charge in [0.1, 0.15) is 0 Å². The molecule has 0 amide bonds. The maximum atomic E-state index is 12.2. The van der Waals surface area contributed by atoms with Crippen molar-refractivity contribution in [1.29, 1.82) is 0 Å². The van der Waals surface area contributed by atoms with Crippen molar-refractivity contribution < 1.29 is 23.1 Å². The van der Waals surface area contributed by atoms with Crippen LogP contribution in [0.5, 0.6) is 0 Å². The highest BCUT2D eigenvalue weighted by Gasteiger charge is 2.34. The van der Waals surface area contributed by atoms with Gasteiger partial charge in [0.05, 0.1) is 24.4 Å². The zero-order valence-electron chi connectivity index (χ0n) is 9.29. The number of hydrogen-bond donors (Lipinski definition) is 1. The second-order valence-electron chi connectivity index (χ2n) is 4.07. The molecule has 1 heterocycles. The van der Waals surface area contributed by atoms with Gasteiger partial charge in [-0.05, 0) is 17.2 Å². The van der Waals surface area contributed by atoms with Gasteiger partial charge in [-0.25, -0.2) is 4.99 Å². The molecule has 6 heteroatoms. The predicted octanol–water partition coefficient (Wildman–Crippen LogP) is 2.33. The molecule has 3 nitrogen and oxygen atoms in total. The highest BCUT2D eigenvalue weighted by Crippen LogP contribution is 2.29. The second kappa shape index (κ2) is 4.53. The molecule has 0 fully saturated rings. The first-order valence-corrected chi connectivity index (χ1v) is 5.29. The molecule has 0 aromatic heterocycles. The van der Waals surface area contributed by atoms with Gasteiger partial charge in [-0.1, -0.05) is 12.1 Å². The van der Waals surface area contributed by atoms with E-state index in [-0.39, 0.29) is 13.0 Å². The van der Waals surface area contributed by atoms with Crippen molar-refractivity contribution in [2.24, 2.45) is 4.99 Å². The van der Waals surface area contributed by atoms with Gasteiger partial charge in [0.2, 0.25) is 0 Å². The van der Waals surface area contributed by atoms with Crippen molar-refractivity contribution in [3.8, 4) is 0 Å². The number of aliphatic hydroxyl groups is 1. The molecule has 1 aliphatic rings. The van der Waals surface area contributed by atoms with E-state index in [1.54, 1.807) is 12.1 Å². The van der Waals surface area contributed by atoms with Crippen LogP contribution in [0.1, 0.15) is 17.5 Å². The molecule has 0 aliphatic carbocycles. The third kappa shape index (κ3) is 2.76. The van der Waals surface area contributed by atoms with E-state index in [4.69, 9.17) is 5.11 Å². The minimum Gasteiger partial charge on any atom is -0.392 e. The van der Waals surface area contributed by atoms with E-state index in [1.165, 1.54) is 6.07 Å². The molecular weight excluding hydrogens is 247 g/mol. The molecule has 1 aromatic rings. The van der Waals surface area contributed by atoms with Crippen LogP contribution in [0.25, 0.3) is 0 Å². The molecule has 0 atom stereocenters.